The van der Waals surface area contributed by atoms with E-state index in [0.717, 1.165) is 24.8 Å². The predicted molar refractivity (Wildman–Crippen MR) is 78.4 cm³/mol. The topological polar surface area (TPSA) is 25.5 Å². The second-order valence-corrected chi connectivity index (χ2v) is 4.30. The molecule has 0 spiro atoms. The van der Waals surface area contributed by atoms with Crippen molar-refractivity contribution in [3.05, 3.63) is 59.5 Å². The van der Waals surface area contributed by atoms with E-state index in [1.165, 1.54) is 11.8 Å². The number of benzene rings is 1. The third kappa shape index (κ3) is 4.65. The maximum atomic E-state index is 5.22. The van der Waals surface area contributed by atoms with Gasteiger partial charge in [-0.25, -0.2) is 0 Å². The molecule has 0 unspecified atom stereocenters. The zero-order chi connectivity index (χ0) is 13.3. The Morgan fingerprint density at radius 1 is 1.26 bits per heavy atom. The first-order chi connectivity index (χ1) is 9.38. The molecule has 1 aromatic carbocycles. The predicted octanol–water partition coefficient (Wildman–Crippen LogP) is 4.23. The Balaban J connectivity index is 1.78. The van der Waals surface area contributed by atoms with Crippen molar-refractivity contribution >= 4 is 18.0 Å². The van der Waals surface area contributed by atoms with E-state index >= 15 is 0 Å². The summed E-state index contributed by atoms with van der Waals surface area (Å²) in [5, 5.41) is 0. The van der Waals surface area contributed by atoms with Gasteiger partial charge >= 0.3 is 0 Å². The van der Waals surface area contributed by atoms with Crippen molar-refractivity contribution < 1.29 is 4.42 Å². The van der Waals surface area contributed by atoms with Crippen molar-refractivity contribution in [3.8, 4) is 11.8 Å². The summed E-state index contributed by atoms with van der Waals surface area (Å²) in [5.41, 5.74) is 2.21. The summed E-state index contributed by atoms with van der Waals surface area (Å²) < 4.78 is 8.56. The smallest absolute Gasteiger partial charge is 0.147 e. The number of rotatable bonds is 4. The van der Waals surface area contributed by atoms with Crippen molar-refractivity contribution in [2.45, 2.75) is 19.3 Å². The van der Waals surface area contributed by atoms with Gasteiger partial charge in [0, 0.05) is 24.3 Å². The van der Waals surface area contributed by atoms with Crippen molar-refractivity contribution in [1.29, 1.82) is 0 Å². The van der Waals surface area contributed by atoms with E-state index in [9.17, 15) is 0 Å². The van der Waals surface area contributed by atoms with E-state index in [-0.39, 0.29) is 0 Å². The zero-order valence-corrected chi connectivity index (χ0v) is 11.2. The maximum Gasteiger partial charge on any atom is 0.147 e. The zero-order valence-electron chi connectivity index (χ0n) is 10.5. The van der Waals surface area contributed by atoms with Crippen molar-refractivity contribution in [2.75, 3.05) is 0 Å². The normalized spacial score (nSPS) is 10.4. The summed E-state index contributed by atoms with van der Waals surface area (Å²) >= 11 is 5.22. The first kappa shape index (κ1) is 13.5. The number of furan rings is 1. The minimum Gasteiger partial charge on any atom is -0.462 e. The molecule has 19 heavy (non-hydrogen) atoms. The molecule has 0 aliphatic carbocycles. The minimum atomic E-state index is 0.614. The highest BCUT2D eigenvalue weighted by molar-refractivity contribution is 6.18. The molecule has 0 N–H and O–H groups in total. The van der Waals surface area contributed by atoms with Crippen LogP contribution in [0.1, 0.15) is 29.7 Å². The van der Waals surface area contributed by atoms with Crippen LogP contribution >= 0.6 is 11.8 Å². The Bertz CT molecular complexity index is 590. The highest BCUT2D eigenvalue weighted by atomic mass is 35.5. The van der Waals surface area contributed by atoms with Gasteiger partial charge in [0.2, 0.25) is 0 Å². The van der Waals surface area contributed by atoms with Crippen LogP contribution in [0.5, 0.6) is 0 Å². The van der Waals surface area contributed by atoms with E-state index in [1.54, 1.807) is 6.26 Å². The summed E-state index contributed by atoms with van der Waals surface area (Å²) in [5.74, 6) is 6.82. The van der Waals surface area contributed by atoms with Gasteiger partial charge in [-0.1, -0.05) is 42.2 Å². The number of halogens is 1. The van der Waals surface area contributed by atoms with E-state index in [2.05, 4.69) is 40.6 Å². The first-order valence-corrected chi connectivity index (χ1v) is 6.48. The molecule has 0 saturated carbocycles. The fraction of sp³-hybridized carbons (Fsp3) is 0.188. The van der Waals surface area contributed by atoms with Gasteiger partial charge in [-0.15, -0.1) is 0 Å². The van der Waals surface area contributed by atoms with Crippen LogP contribution in [0.4, 0.5) is 0 Å². The molecule has 2 rings (SSSR count). The van der Waals surface area contributed by atoms with Gasteiger partial charge < -0.3 is 4.42 Å². The SMILES string of the molecule is ClN=Cc1cc(C#CCCCc2ccccc2)co1. The highest BCUT2D eigenvalue weighted by Gasteiger charge is 1.95. The van der Waals surface area contributed by atoms with E-state index in [1.807, 2.05) is 12.1 Å². The van der Waals surface area contributed by atoms with Gasteiger partial charge in [-0.05, 0) is 18.4 Å². The lowest BCUT2D eigenvalue weighted by atomic mass is 10.1. The molecular weight excluding hydrogens is 258 g/mol. The van der Waals surface area contributed by atoms with Gasteiger partial charge in [-0.2, -0.15) is 4.51 Å². The lowest BCUT2D eigenvalue weighted by Gasteiger charge is -1.96. The van der Waals surface area contributed by atoms with Crippen LogP contribution in [0.25, 0.3) is 0 Å². The first-order valence-electron chi connectivity index (χ1n) is 6.14. The summed E-state index contributed by atoms with van der Waals surface area (Å²) in [7, 11) is 0. The highest BCUT2D eigenvalue weighted by Crippen LogP contribution is 2.06. The van der Waals surface area contributed by atoms with Crippen LogP contribution in [-0.4, -0.2) is 6.21 Å². The quantitative estimate of drug-likeness (QED) is 0.464. The Labute approximate surface area is 118 Å². The second kappa shape index (κ2) is 7.45. The average Bonchev–Trinajstić information content (AvgIpc) is 2.88. The number of hydrogen-bond acceptors (Lipinski definition) is 2. The molecule has 2 nitrogen and oxygen atoms in total. The number of unbranched alkanes of at least 4 members (excludes halogenated alkanes) is 1. The molecule has 0 atom stereocenters. The van der Waals surface area contributed by atoms with Gasteiger partial charge in [0.05, 0.1) is 11.8 Å². The summed E-state index contributed by atoms with van der Waals surface area (Å²) in [6.45, 7) is 0. The average molecular weight is 272 g/mol. The number of nitrogens with zero attached hydrogens (tertiary/aromatic N) is 1. The molecule has 0 bridgehead atoms. The molecule has 0 radical (unpaired) electrons. The van der Waals surface area contributed by atoms with E-state index in [4.69, 9.17) is 16.2 Å². The third-order valence-corrected chi connectivity index (χ3v) is 2.74. The fourth-order valence-corrected chi connectivity index (χ4v) is 1.82. The lowest BCUT2D eigenvalue weighted by Crippen LogP contribution is -1.83. The van der Waals surface area contributed by atoms with Crippen LogP contribution in [0.15, 0.2) is 51.6 Å². The number of aryl methyl sites for hydroxylation is 1. The van der Waals surface area contributed by atoms with Crippen LogP contribution in [0.3, 0.4) is 0 Å². The molecule has 0 aliphatic rings. The van der Waals surface area contributed by atoms with E-state index < -0.39 is 0 Å². The second-order valence-electron chi connectivity index (χ2n) is 4.11. The van der Waals surface area contributed by atoms with Gasteiger partial charge in [-0.3, -0.25) is 0 Å². The standard InChI is InChI=1S/C16H14ClNO/c17-18-12-16-11-15(13-19-16)10-6-2-5-9-14-7-3-1-4-8-14/h1,3-4,7-8,11-13H,2,5,9H2. The van der Waals surface area contributed by atoms with Crippen LogP contribution in [0, 0.1) is 11.8 Å². The van der Waals surface area contributed by atoms with Crippen LogP contribution < -0.4 is 0 Å². The molecule has 0 saturated heterocycles. The molecule has 0 amide bonds. The summed E-state index contributed by atoms with van der Waals surface area (Å²) in [6, 6.07) is 12.3. The molecule has 2 aromatic rings. The van der Waals surface area contributed by atoms with Crippen molar-refractivity contribution in [1.82, 2.24) is 0 Å². The molecule has 0 aliphatic heterocycles. The van der Waals surface area contributed by atoms with Crippen LogP contribution in [0.2, 0.25) is 0 Å². The van der Waals surface area contributed by atoms with Crippen molar-refractivity contribution in [2.24, 2.45) is 4.51 Å². The Hall–Kier alpha value is -1.98. The fourth-order valence-electron chi connectivity index (χ4n) is 1.72. The van der Waals surface area contributed by atoms with E-state index in [0.29, 0.717) is 5.76 Å². The Morgan fingerprint density at radius 3 is 2.89 bits per heavy atom. The van der Waals surface area contributed by atoms with Gasteiger partial charge in [0.25, 0.3) is 0 Å². The third-order valence-electron chi connectivity index (χ3n) is 2.64. The minimum absolute atomic E-state index is 0.614. The van der Waals surface area contributed by atoms with Gasteiger partial charge in [0.15, 0.2) is 0 Å². The number of hydrogen-bond donors (Lipinski definition) is 0. The monoisotopic (exact) mass is 271 g/mol. The molecule has 3 heteroatoms. The van der Waals surface area contributed by atoms with Crippen molar-refractivity contribution in [3.63, 3.8) is 0 Å². The largest absolute Gasteiger partial charge is 0.462 e. The Morgan fingerprint density at radius 2 is 2.11 bits per heavy atom. The molecule has 96 valence electrons. The molecule has 0 fully saturated rings. The molecular formula is C16H14ClNO. The maximum absolute atomic E-state index is 5.22. The van der Waals surface area contributed by atoms with Crippen LogP contribution in [-0.2, 0) is 6.42 Å². The molecule has 1 heterocycles. The summed E-state index contributed by atoms with van der Waals surface area (Å²) in [6.07, 6.45) is 6.05. The van der Waals surface area contributed by atoms with Gasteiger partial charge in [0.1, 0.15) is 12.0 Å². The lowest BCUT2D eigenvalue weighted by molar-refractivity contribution is 0.560. The summed E-state index contributed by atoms with van der Waals surface area (Å²) in [4.78, 5) is 0. The Kier molecular flexibility index (Phi) is 5.28. The molecule has 1 aromatic heterocycles.